The lowest BCUT2D eigenvalue weighted by Crippen LogP contribution is -2.39. The van der Waals surface area contributed by atoms with Crippen molar-refractivity contribution >= 4 is 5.69 Å². The minimum absolute atomic E-state index is 0.117. The zero-order chi connectivity index (χ0) is 13.6. The molecule has 0 aliphatic rings. The monoisotopic (exact) mass is 252 g/mol. The van der Waals surface area contributed by atoms with Crippen molar-refractivity contribution in [2.45, 2.75) is 27.2 Å². The summed E-state index contributed by atoms with van der Waals surface area (Å²) in [5.41, 5.74) is 0.785. The summed E-state index contributed by atoms with van der Waals surface area (Å²) in [5.74, 6) is -0.155. The second-order valence-corrected chi connectivity index (χ2v) is 5.65. The molecular weight excluding hydrogens is 227 g/mol. The van der Waals surface area contributed by atoms with E-state index in [0.29, 0.717) is 5.69 Å². The molecule has 0 saturated carbocycles. The molecule has 0 amide bonds. The SMILES string of the molecule is CCCNCC(C)(C)CN(C)c1ccccc1F. The molecule has 1 aromatic rings. The molecule has 0 radical (unpaired) electrons. The summed E-state index contributed by atoms with van der Waals surface area (Å²) < 4.78 is 13.7. The fourth-order valence-electron chi connectivity index (χ4n) is 2.15. The van der Waals surface area contributed by atoms with Crippen LogP contribution in [0.15, 0.2) is 24.3 Å². The Morgan fingerprint density at radius 2 is 1.94 bits per heavy atom. The van der Waals surface area contributed by atoms with Crippen molar-refractivity contribution in [3.8, 4) is 0 Å². The van der Waals surface area contributed by atoms with Crippen LogP contribution in [-0.2, 0) is 0 Å². The molecule has 0 fully saturated rings. The van der Waals surface area contributed by atoms with Gasteiger partial charge in [-0.15, -0.1) is 0 Å². The second kappa shape index (κ2) is 6.74. The van der Waals surface area contributed by atoms with Crippen molar-refractivity contribution in [3.63, 3.8) is 0 Å². The van der Waals surface area contributed by atoms with Crippen LogP contribution in [0.2, 0.25) is 0 Å². The number of rotatable bonds is 7. The van der Waals surface area contributed by atoms with E-state index in [-0.39, 0.29) is 11.2 Å². The molecule has 0 aromatic heterocycles. The number of anilines is 1. The van der Waals surface area contributed by atoms with Gasteiger partial charge in [0.15, 0.2) is 0 Å². The maximum atomic E-state index is 13.7. The minimum Gasteiger partial charge on any atom is -0.372 e. The van der Waals surface area contributed by atoms with Gasteiger partial charge < -0.3 is 10.2 Å². The molecule has 0 aliphatic carbocycles. The second-order valence-electron chi connectivity index (χ2n) is 5.65. The zero-order valence-corrected chi connectivity index (χ0v) is 12.0. The predicted molar refractivity (Wildman–Crippen MR) is 76.6 cm³/mol. The van der Waals surface area contributed by atoms with Gasteiger partial charge in [0.25, 0.3) is 0 Å². The molecule has 0 spiro atoms. The molecule has 102 valence electrons. The molecule has 0 heterocycles. The standard InChI is InChI=1S/C15H25FN2/c1-5-10-17-11-15(2,3)12-18(4)14-9-7-6-8-13(14)16/h6-9,17H,5,10-12H2,1-4H3. The van der Waals surface area contributed by atoms with E-state index in [9.17, 15) is 4.39 Å². The highest BCUT2D eigenvalue weighted by molar-refractivity contribution is 5.46. The van der Waals surface area contributed by atoms with Gasteiger partial charge in [-0.25, -0.2) is 4.39 Å². The van der Waals surface area contributed by atoms with Crippen molar-refractivity contribution < 1.29 is 4.39 Å². The molecule has 18 heavy (non-hydrogen) atoms. The van der Waals surface area contributed by atoms with Gasteiger partial charge in [-0.2, -0.15) is 0 Å². The van der Waals surface area contributed by atoms with Crippen LogP contribution in [-0.4, -0.2) is 26.7 Å². The summed E-state index contributed by atoms with van der Waals surface area (Å²) in [6, 6.07) is 6.93. The lowest BCUT2D eigenvalue weighted by Gasteiger charge is -2.32. The molecule has 0 saturated heterocycles. The van der Waals surface area contributed by atoms with Crippen LogP contribution < -0.4 is 10.2 Å². The molecule has 1 aromatic carbocycles. The molecular formula is C15H25FN2. The zero-order valence-electron chi connectivity index (χ0n) is 12.0. The van der Waals surface area contributed by atoms with Gasteiger partial charge >= 0.3 is 0 Å². The number of para-hydroxylation sites is 1. The first-order valence-electron chi connectivity index (χ1n) is 6.62. The fraction of sp³-hybridized carbons (Fsp3) is 0.600. The Kier molecular flexibility index (Phi) is 5.60. The Morgan fingerprint density at radius 3 is 2.56 bits per heavy atom. The number of benzene rings is 1. The van der Waals surface area contributed by atoms with E-state index < -0.39 is 0 Å². The third-order valence-corrected chi connectivity index (χ3v) is 2.96. The van der Waals surface area contributed by atoms with E-state index in [0.717, 1.165) is 26.1 Å². The maximum Gasteiger partial charge on any atom is 0.146 e. The maximum absolute atomic E-state index is 13.7. The van der Waals surface area contributed by atoms with Crippen molar-refractivity contribution in [2.24, 2.45) is 5.41 Å². The largest absolute Gasteiger partial charge is 0.372 e. The van der Waals surface area contributed by atoms with Gasteiger partial charge in [0.1, 0.15) is 5.82 Å². The van der Waals surface area contributed by atoms with Crippen molar-refractivity contribution in [3.05, 3.63) is 30.1 Å². The smallest absolute Gasteiger partial charge is 0.146 e. The number of hydrogen-bond donors (Lipinski definition) is 1. The molecule has 0 aliphatic heterocycles. The Balaban J connectivity index is 2.58. The van der Waals surface area contributed by atoms with Crippen molar-refractivity contribution in [1.29, 1.82) is 0 Å². The normalized spacial score (nSPS) is 11.6. The first-order valence-corrected chi connectivity index (χ1v) is 6.62. The summed E-state index contributed by atoms with van der Waals surface area (Å²) in [4.78, 5) is 1.99. The van der Waals surface area contributed by atoms with E-state index in [2.05, 4.69) is 26.1 Å². The van der Waals surface area contributed by atoms with Crippen LogP contribution in [0.3, 0.4) is 0 Å². The first-order chi connectivity index (χ1) is 8.46. The number of nitrogens with one attached hydrogen (secondary N) is 1. The van der Waals surface area contributed by atoms with Gasteiger partial charge in [0.2, 0.25) is 0 Å². The molecule has 1 N–H and O–H groups in total. The van der Waals surface area contributed by atoms with Gasteiger partial charge in [-0.3, -0.25) is 0 Å². The molecule has 2 nitrogen and oxygen atoms in total. The van der Waals surface area contributed by atoms with Crippen LogP contribution in [0, 0.1) is 11.2 Å². The Morgan fingerprint density at radius 1 is 1.28 bits per heavy atom. The van der Waals surface area contributed by atoms with Crippen LogP contribution >= 0.6 is 0 Å². The highest BCUT2D eigenvalue weighted by Crippen LogP contribution is 2.22. The lowest BCUT2D eigenvalue weighted by atomic mass is 9.92. The third kappa shape index (κ3) is 4.65. The Hall–Kier alpha value is -1.09. The minimum atomic E-state index is -0.155. The van der Waals surface area contributed by atoms with E-state index in [4.69, 9.17) is 0 Å². The highest BCUT2D eigenvalue weighted by atomic mass is 19.1. The number of halogens is 1. The summed E-state index contributed by atoms with van der Waals surface area (Å²) in [5, 5.41) is 3.43. The van der Waals surface area contributed by atoms with Crippen molar-refractivity contribution in [2.75, 3.05) is 31.6 Å². The van der Waals surface area contributed by atoms with E-state index >= 15 is 0 Å². The average Bonchev–Trinajstić information content (AvgIpc) is 2.29. The third-order valence-electron chi connectivity index (χ3n) is 2.96. The summed E-state index contributed by atoms with van der Waals surface area (Å²) in [6.07, 6.45) is 1.14. The number of nitrogens with zero attached hydrogens (tertiary/aromatic N) is 1. The molecule has 0 unspecified atom stereocenters. The average molecular weight is 252 g/mol. The lowest BCUT2D eigenvalue weighted by molar-refractivity contribution is 0.346. The summed E-state index contributed by atoms with van der Waals surface area (Å²) in [6.45, 7) is 9.36. The fourth-order valence-corrected chi connectivity index (χ4v) is 2.15. The van der Waals surface area contributed by atoms with Gasteiger partial charge in [-0.1, -0.05) is 32.9 Å². The van der Waals surface area contributed by atoms with Crippen LogP contribution in [0.1, 0.15) is 27.2 Å². The summed E-state index contributed by atoms with van der Waals surface area (Å²) in [7, 11) is 1.94. The highest BCUT2D eigenvalue weighted by Gasteiger charge is 2.21. The van der Waals surface area contributed by atoms with Gasteiger partial charge in [-0.05, 0) is 30.5 Å². The predicted octanol–water partition coefficient (Wildman–Crippen LogP) is 3.29. The quantitative estimate of drug-likeness (QED) is 0.749. The van der Waals surface area contributed by atoms with E-state index in [1.165, 1.54) is 6.07 Å². The number of hydrogen-bond acceptors (Lipinski definition) is 2. The Bertz CT molecular complexity index is 363. The topological polar surface area (TPSA) is 15.3 Å². The molecule has 0 bridgehead atoms. The molecule has 0 atom stereocenters. The van der Waals surface area contributed by atoms with Crippen LogP contribution in [0.4, 0.5) is 10.1 Å². The first kappa shape index (κ1) is 15.0. The van der Waals surface area contributed by atoms with Crippen LogP contribution in [0.5, 0.6) is 0 Å². The summed E-state index contributed by atoms with van der Waals surface area (Å²) >= 11 is 0. The van der Waals surface area contributed by atoms with Crippen molar-refractivity contribution in [1.82, 2.24) is 5.32 Å². The van der Waals surface area contributed by atoms with E-state index in [1.807, 2.05) is 24.1 Å². The Labute approximate surface area is 110 Å². The molecule has 3 heteroatoms. The molecule has 1 rings (SSSR count). The van der Waals surface area contributed by atoms with E-state index in [1.54, 1.807) is 6.07 Å². The van der Waals surface area contributed by atoms with Gasteiger partial charge in [0.05, 0.1) is 5.69 Å². The van der Waals surface area contributed by atoms with Crippen LogP contribution in [0.25, 0.3) is 0 Å². The van der Waals surface area contributed by atoms with Gasteiger partial charge in [0, 0.05) is 20.1 Å².